The molecule has 1 heterocycles. The SMILES string of the molecule is Cc1cc(NS(=O)(=O)c2c(C)c(C)cc(N)c2C)n[nH]1. The summed E-state index contributed by atoms with van der Waals surface area (Å²) in [7, 11) is -3.72. The van der Waals surface area contributed by atoms with Crippen molar-refractivity contribution in [3.63, 3.8) is 0 Å². The van der Waals surface area contributed by atoms with Crippen molar-refractivity contribution in [3.05, 3.63) is 34.5 Å². The monoisotopic (exact) mass is 294 g/mol. The number of sulfonamides is 1. The first-order valence-corrected chi connectivity index (χ1v) is 7.62. The Bertz CT molecular complexity index is 737. The van der Waals surface area contributed by atoms with Crippen LogP contribution in [0.5, 0.6) is 0 Å². The molecule has 0 spiro atoms. The number of nitrogen functional groups attached to an aromatic ring is 1. The Balaban J connectivity index is 2.55. The smallest absolute Gasteiger partial charge is 0.263 e. The zero-order valence-electron chi connectivity index (χ0n) is 11.9. The molecule has 108 valence electrons. The number of hydrogen-bond donors (Lipinski definition) is 3. The van der Waals surface area contributed by atoms with E-state index >= 15 is 0 Å². The van der Waals surface area contributed by atoms with Crippen LogP contribution < -0.4 is 10.5 Å². The van der Waals surface area contributed by atoms with Gasteiger partial charge in [0.15, 0.2) is 5.82 Å². The molecule has 0 aliphatic carbocycles. The van der Waals surface area contributed by atoms with Crippen molar-refractivity contribution < 1.29 is 8.42 Å². The van der Waals surface area contributed by atoms with Crippen molar-refractivity contribution in [2.24, 2.45) is 0 Å². The average molecular weight is 294 g/mol. The van der Waals surface area contributed by atoms with Crippen molar-refractivity contribution >= 4 is 21.5 Å². The van der Waals surface area contributed by atoms with Crippen LogP contribution in [0.4, 0.5) is 11.5 Å². The molecule has 4 N–H and O–H groups in total. The lowest BCUT2D eigenvalue weighted by Gasteiger charge is -2.15. The third-order valence-corrected chi connectivity index (χ3v) is 4.92. The minimum atomic E-state index is -3.72. The average Bonchev–Trinajstić information content (AvgIpc) is 2.71. The van der Waals surface area contributed by atoms with Gasteiger partial charge in [0, 0.05) is 17.4 Å². The van der Waals surface area contributed by atoms with Crippen LogP contribution in [0.15, 0.2) is 17.0 Å². The summed E-state index contributed by atoms with van der Waals surface area (Å²) in [6.07, 6.45) is 0. The summed E-state index contributed by atoms with van der Waals surface area (Å²) in [5.41, 5.74) is 9.19. The van der Waals surface area contributed by atoms with E-state index in [0.717, 1.165) is 11.3 Å². The minimum Gasteiger partial charge on any atom is -0.398 e. The van der Waals surface area contributed by atoms with E-state index in [9.17, 15) is 8.42 Å². The highest BCUT2D eigenvalue weighted by molar-refractivity contribution is 7.92. The summed E-state index contributed by atoms with van der Waals surface area (Å²) >= 11 is 0. The normalized spacial score (nSPS) is 11.6. The fraction of sp³-hybridized carbons (Fsp3) is 0.308. The summed E-state index contributed by atoms with van der Waals surface area (Å²) in [6, 6.07) is 3.41. The lowest BCUT2D eigenvalue weighted by atomic mass is 10.1. The van der Waals surface area contributed by atoms with E-state index in [4.69, 9.17) is 5.73 Å². The number of aromatic nitrogens is 2. The molecule has 0 bridgehead atoms. The molecule has 20 heavy (non-hydrogen) atoms. The Morgan fingerprint density at radius 3 is 2.35 bits per heavy atom. The topological polar surface area (TPSA) is 101 Å². The van der Waals surface area contributed by atoms with Crippen LogP contribution in [0.2, 0.25) is 0 Å². The first kappa shape index (κ1) is 14.4. The fourth-order valence-electron chi connectivity index (χ4n) is 2.10. The van der Waals surface area contributed by atoms with E-state index in [1.165, 1.54) is 0 Å². The van der Waals surface area contributed by atoms with Crippen LogP contribution in [0.3, 0.4) is 0 Å². The number of rotatable bonds is 3. The number of nitrogens with zero attached hydrogens (tertiary/aromatic N) is 1. The van der Waals surface area contributed by atoms with Gasteiger partial charge in [-0.15, -0.1) is 0 Å². The Morgan fingerprint density at radius 1 is 1.15 bits per heavy atom. The summed E-state index contributed by atoms with van der Waals surface area (Å²) in [5.74, 6) is 0.265. The number of nitrogens with two attached hydrogens (primary N) is 1. The first-order chi connectivity index (χ1) is 9.22. The number of nitrogens with one attached hydrogen (secondary N) is 2. The van der Waals surface area contributed by atoms with Gasteiger partial charge in [-0.05, 0) is 50.5 Å². The standard InChI is InChI=1S/C13H18N4O2S/c1-7-5-11(14)10(4)13(9(7)3)20(18,19)17-12-6-8(2)15-16-12/h5-6H,14H2,1-4H3,(H2,15,16,17). The molecule has 0 atom stereocenters. The predicted octanol–water partition coefficient (Wildman–Crippen LogP) is 2.03. The Kier molecular flexibility index (Phi) is 3.47. The molecular weight excluding hydrogens is 276 g/mol. The fourth-order valence-corrected chi connectivity index (χ4v) is 3.67. The van der Waals surface area contributed by atoms with E-state index in [-0.39, 0.29) is 10.7 Å². The van der Waals surface area contributed by atoms with Crippen LogP contribution in [-0.2, 0) is 10.0 Å². The summed E-state index contributed by atoms with van der Waals surface area (Å²) in [4.78, 5) is 0.218. The third kappa shape index (κ3) is 2.49. The van der Waals surface area contributed by atoms with Crippen molar-refractivity contribution in [1.29, 1.82) is 0 Å². The molecule has 0 radical (unpaired) electrons. The van der Waals surface area contributed by atoms with Crippen LogP contribution >= 0.6 is 0 Å². The van der Waals surface area contributed by atoms with Crippen molar-refractivity contribution in [2.75, 3.05) is 10.5 Å². The third-order valence-electron chi connectivity index (χ3n) is 3.29. The summed E-state index contributed by atoms with van der Waals surface area (Å²) in [6.45, 7) is 7.10. The van der Waals surface area contributed by atoms with Gasteiger partial charge in [-0.1, -0.05) is 0 Å². The van der Waals surface area contributed by atoms with Gasteiger partial charge in [0.1, 0.15) is 0 Å². The Labute approximate surface area is 118 Å². The molecule has 7 heteroatoms. The molecule has 0 aliphatic heterocycles. The van der Waals surface area contributed by atoms with E-state index in [1.807, 2.05) is 6.92 Å². The summed E-state index contributed by atoms with van der Waals surface area (Å²) < 4.78 is 27.5. The molecule has 1 aromatic carbocycles. The van der Waals surface area contributed by atoms with Gasteiger partial charge in [-0.2, -0.15) is 5.10 Å². The lowest BCUT2D eigenvalue weighted by molar-refractivity contribution is 0.599. The van der Waals surface area contributed by atoms with Gasteiger partial charge < -0.3 is 5.73 Å². The van der Waals surface area contributed by atoms with Gasteiger partial charge >= 0.3 is 0 Å². The minimum absolute atomic E-state index is 0.218. The predicted molar refractivity (Wildman–Crippen MR) is 79.2 cm³/mol. The molecule has 0 amide bonds. The molecule has 0 saturated heterocycles. The van der Waals surface area contributed by atoms with E-state index in [0.29, 0.717) is 16.8 Å². The maximum Gasteiger partial charge on any atom is 0.263 e. The highest BCUT2D eigenvalue weighted by Gasteiger charge is 2.23. The van der Waals surface area contributed by atoms with E-state index < -0.39 is 10.0 Å². The second kappa shape index (κ2) is 4.82. The van der Waals surface area contributed by atoms with Crippen LogP contribution in [-0.4, -0.2) is 18.6 Å². The Morgan fingerprint density at radius 2 is 1.80 bits per heavy atom. The van der Waals surface area contributed by atoms with E-state index in [2.05, 4.69) is 14.9 Å². The van der Waals surface area contributed by atoms with Gasteiger partial charge in [-0.25, -0.2) is 8.42 Å². The number of hydrogen-bond acceptors (Lipinski definition) is 4. The maximum atomic E-state index is 12.5. The van der Waals surface area contributed by atoms with Gasteiger partial charge in [0.2, 0.25) is 0 Å². The Hall–Kier alpha value is -2.02. The second-order valence-electron chi connectivity index (χ2n) is 4.90. The maximum absolute atomic E-state index is 12.5. The molecule has 6 nitrogen and oxygen atoms in total. The van der Waals surface area contributed by atoms with E-state index in [1.54, 1.807) is 32.9 Å². The molecule has 0 aliphatic rings. The number of H-pyrrole nitrogens is 1. The van der Waals surface area contributed by atoms with Crippen LogP contribution in [0, 0.1) is 27.7 Å². The molecule has 1 aromatic heterocycles. The van der Waals surface area contributed by atoms with Gasteiger partial charge in [-0.3, -0.25) is 9.82 Å². The molecule has 0 fully saturated rings. The van der Waals surface area contributed by atoms with Gasteiger partial charge in [0.05, 0.1) is 4.90 Å². The number of benzene rings is 1. The quantitative estimate of drug-likeness (QED) is 0.754. The van der Waals surface area contributed by atoms with Crippen molar-refractivity contribution in [2.45, 2.75) is 32.6 Å². The first-order valence-electron chi connectivity index (χ1n) is 6.13. The summed E-state index contributed by atoms with van der Waals surface area (Å²) in [5, 5.41) is 6.58. The van der Waals surface area contributed by atoms with Crippen molar-refractivity contribution in [1.82, 2.24) is 10.2 Å². The molecule has 0 unspecified atom stereocenters. The molecule has 2 aromatic rings. The second-order valence-corrected chi connectivity index (χ2v) is 6.52. The highest BCUT2D eigenvalue weighted by Crippen LogP contribution is 2.29. The lowest BCUT2D eigenvalue weighted by Crippen LogP contribution is -2.17. The highest BCUT2D eigenvalue weighted by atomic mass is 32.2. The molecule has 0 saturated carbocycles. The largest absolute Gasteiger partial charge is 0.398 e. The molecular formula is C13H18N4O2S. The zero-order chi connectivity index (χ0) is 15.1. The molecule has 2 rings (SSSR count). The number of aromatic amines is 1. The van der Waals surface area contributed by atoms with Crippen molar-refractivity contribution in [3.8, 4) is 0 Å². The van der Waals surface area contributed by atoms with Crippen LogP contribution in [0.25, 0.3) is 0 Å². The van der Waals surface area contributed by atoms with Gasteiger partial charge in [0.25, 0.3) is 10.0 Å². The van der Waals surface area contributed by atoms with Crippen LogP contribution in [0.1, 0.15) is 22.4 Å². The number of aryl methyl sites for hydroxylation is 2. The zero-order valence-corrected chi connectivity index (χ0v) is 12.7. The number of anilines is 2.